The molecule has 108 valence electrons. The summed E-state index contributed by atoms with van der Waals surface area (Å²) in [5.74, 6) is -1.33. The van der Waals surface area contributed by atoms with Crippen LogP contribution >= 0.6 is 0 Å². The van der Waals surface area contributed by atoms with E-state index in [0.717, 1.165) is 24.2 Å². The molecule has 4 nitrogen and oxygen atoms in total. The van der Waals surface area contributed by atoms with Gasteiger partial charge >= 0.3 is 5.97 Å². The third-order valence-corrected chi connectivity index (χ3v) is 3.80. The number of carboxylic acid groups (broad SMARTS) is 1. The van der Waals surface area contributed by atoms with E-state index in [1.54, 1.807) is 24.3 Å². The van der Waals surface area contributed by atoms with Gasteiger partial charge in [0.2, 0.25) is 0 Å². The van der Waals surface area contributed by atoms with Crippen molar-refractivity contribution in [2.24, 2.45) is 0 Å². The van der Waals surface area contributed by atoms with Gasteiger partial charge in [-0.1, -0.05) is 18.2 Å². The van der Waals surface area contributed by atoms with Crippen LogP contribution in [0, 0.1) is 5.82 Å². The average Bonchev–Trinajstić information content (AvgIpc) is 2.81. The van der Waals surface area contributed by atoms with E-state index in [1.165, 1.54) is 12.1 Å². The second kappa shape index (κ2) is 5.09. The number of nitrogen functional groups attached to an aromatic ring is 1. The van der Waals surface area contributed by atoms with Crippen LogP contribution in [0.3, 0.4) is 0 Å². The molecule has 0 amide bonds. The molecule has 0 saturated heterocycles. The van der Waals surface area contributed by atoms with E-state index < -0.39 is 5.97 Å². The Labute approximate surface area is 121 Å². The molecular formula is C16H15FN2O2. The molecule has 3 rings (SSSR count). The van der Waals surface area contributed by atoms with Crippen molar-refractivity contribution in [2.45, 2.75) is 13.0 Å². The molecule has 1 aliphatic rings. The van der Waals surface area contributed by atoms with E-state index in [-0.39, 0.29) is 17.1 Å². The number of nitrogens with zero attached hydrogens (tertiary/aromatic N) is 1. The molecule has 0 bridgehead atoms. The van der Waals surface area contributed by atoms with E-state index in [2.05, 4.69) is 0 Å². The Morgan fingerprint density at radius 3 is 2.90 bits per heavy atom. The summed E-state index contributed by atoms with van der Waals surface area (Å²) in [6.45, 7) is 1.15. The molecule has 2 aromatic carbocycles. The fourth-order valence-corrected chi connectivity index (χ4v) is 2.80. The minimum atomic E-state index is -1.04. The van der Waals surface area contributed by atoms with Crippen molar-refractivity contribution in [3.8, 4) is 0 Å². The molecular weight excluding hydrogens is 271 g/mol. The van der Waals surface area contributed by atoms with Gasteiger partial charge < -0.3 is 15.7 Å². The van der Waals surface area contributed by atoms with E-state index in [4.69, 9.17) is 5.73 Å². The normalized spacial score (nSPS) is 13.3. The number of aromatic carboxylic acids is 1. The molecule has 0 saturated carbocycles. The number of anilines is 2. The maximum Gasteiger partial charge on any atom is 0.338 e. The van der Waals surface area contributed by atoms with Crippen LogP contribution < -0.4 is 10.6 Å². The van der Waals surface area contributed by atoms with Gasteiger partial charge in [-0.25, -0.2) is 9.18 Å². The van der Waals surface area contributed by atoms with Crippen LogP contribution in [0.2, 0.25) is 0 Å². The van der Waals surface area contributed by atoms with Crippen LogP contribution in [0.4, 0.5) is 15.8 Å². The second-order valence-electron chi connectivity index (χ2n) is 5.13. The number of nitrogens with two attached hydrogens (primary N) is 1. The maximum absolute atomic E-state index is 13.4. The summed E-state index contributed by atoms with van der Waals surface area (Å²) in [6, 6.07) is 9.78. The zero-order valence-electron chi connectivity index (χ0n) is 11.3. The Morgan fingerprint density at radius 1 is 1.33 bits per heavy atom. The van der Waals surface area contributed by atoms with Gasteiger partial charge in [0.25, 0.3) is 0 Å². The minimum absolute atomic E-state index is 0.127. The molecule has 5 heteroatoms. The van der Waals surface area contributed by atoms with Crippen molar-refractivity contribution in [1.29, 1.82) is 0 Å². The highest BCUT2D eigenvalue weighted by Gasteiger charge is 2.22. The summed E-state index contributed by atoms with van der Waals surface area (Å²) < 4.78 is 13.4. The first kappa shape index (κ1) is 13.4. The van der Waals surface area contributed by atoms with Gasteiger partial charge in [0.05, 0.1) is 5.56 Å². The van der Waals surface area contributed by atoms with Gasteiger partial charge in [0.15, 0.2) is 0 Å². The SMILES string of the molecule is Nc1cccc(CN2CCc3ccc(F)cc32)c1C(=O)O. The molecule has 0 aromatic heterocycles. The van der Waals surface area contributed by atoms with Gasteiger partial charge in [-0.2, -0.15) is 0 Å². The number of benzene rings is 2. The highest BCUT2D eigenvalue weighted by Crippen LogP contribution is 2.31. The van der Waals surface area contributed by atoms with Gasteiger partial charge in [-0.3, -0.25) is 0 Å². The van der Waals surface area contributed by atoms with E-state index >= 15 is 0 Å². The first-order chi connectivity index (χ1) is 10.1. The average molecular weight is 286 g/mol. The van der Waals surface area contributed by atoms with Crippen LogP contribution in [-0.2, 0) is 13.0 Å². The summed E-state index contributed by atoms with van der Waals surface area (Å²) >= 11 is 0. The lowest BCUT2D eigenvalue weighted by molar-refractivity contribution is 0.0697. The van der Waals surface area contributed by atoms with Gasteiger partial charge in [0, 0.05) is 24.5 Å². The number of carbonyl (C=O) groups is 1. The number of halogens is 1. The highest BCUT2D eigenvalue weighted by atomic mass is 19.1. The first-order valence-corrected chi connectivity index (χ1v) is 6.70. The maximum atomic E-state index is 13.4. The lowest BCUT2D eigenvalue weighted by atomic mass is 10.0. The van der Waals surface area contributed by atoms with Crippen LogP contribution in [0.1, 0.15) is 21.5 Å². The predicted octanol–water partition coefficient (Wildman–Crippen LogP) is 2.67. The van der Waals surface area contributed by atoms with E-state index in [0.29, 0.717) is 12.1 Å². The quantitative estimate of drug-likeness (QED) is 0.851. The lowest BCUT2D eigenvalue weighted by Crippen LogP contribution is -2.22. The Morgan fingerprint density at radius 2 is 2.14 bits per heavy atom. The largest absolute Gasteiger partial charge is 0.478 e. The highest BCUT2D eigenvalue weighted by molar-refractivity contribution is 5.95. The number of hydrogen-bond donors (Lipinski definition) is 2. The third kappa shape index (κ3) is 2.42. The molecule has 0 aliphatic carbocycles. The smallest absolute Gasteiger partial charge is 0.338 e. The zero-order chi connectivity index (χ0) is 15.0. The summed E-state index contributed by atoms with van der Waals surface area (Å²) in [5.41, 5.74) is 8.68. The van der Waals surface area contributed by atoms with Crippen molar-refractivity contribution < 1.29 is 14.3 Å². The third-order valence-electron chi connectivity index (χ3n) is 3.80. The van der Waals surface area contributed by atoms with Crippen molar-refractivity contribution in [3.63, 3.8) is 0 Å². The van der Waals surface area contributed by atoms with Gasteiger partial charge in [-0.05, 0) is 35.7 Å². The van der Waals surface area contributed by atoms with Crippen LogP contribution in [0.5, 0.6) is 0 Å². The van der Waals surface area contributed by atoms with E-state index in [1.807, 2.05) is 4.90 Å². The zero-order valence-corrected chi connectivity index (χ0v) is 11.3. The molecule has 0 radical (unpaired) electrons. The summed E-state index contributed by atoms with van der Waals surface area (Å²) in [5, 5.41) is 9.30. The van der Waals surface area contributed by atoms with Gasteiger partial charge in [-0.15, -0.1) is 0 Å². The Balaban J connectivity index is 1.95. The topological polar surface area (TPSA) is 66.6 Å². The summed E-state index contributed by atoms with van der Waals surface area (Å²) in [4.78, 5) is 13.3. The van der Waals surface area contributed by atoms with Crippen molar-refractivity contribution in [1.82, 2.24) is 0 Å². The predicted molar refractivity (Wildman–Crippen MR) is 79.0 cm³/mol. The Kier molecular flexibility index (Phi) is 3.25. The van der Waals surface area contributed by atoms with E-state index in [9.17, 15) is 14.3 Å². The fraction of sp³-hybridized carbons (Fsp3) is 0.188. The van der Waals surface area contributed by atoms with Crippen molar-refractivity contribution in [3.05, 3.63) is 58.9 Å². The number of rotatable bonds is 3. The molecule has 0 spiro atoms. The standard InChI is InChI=1S/C16H15FN2O2/c17-12-5-4-10-6-7-19(14(10)8-12)9-11-2-1-3-13(18)15(11)16(20)21/h1-5,8H,6-7,9,18H2,(H,20,21). The van der Waals surface area contributed by atoms with Crippen LogP contribution in [0.15, 0.2) is 36.4 Å². The summed E-state index contributed by atoms with van der Waals surface area (Å²) in [7, 11) is 0. The molecule has 0 fully saturated rings. The molecule has 3 N–H and O–H groups in total. The number of hydrogen-bond acceptors (Lipinski definition) is 3. The molecule has 0 unspecified atom stereocenters. The van der Waals surface area contributed by atoms with Crippen molar-refractivity contribution >= 4 is 17.3 Å². The molecule has 21 heavy (non-hydrogen) atoms. The molecule has 1 heterocycles. The summed E-state index contributed by atoms with van der Waals surface area (Å²) in [6.07, 6.45) is 0.834. The van der Waals surface area contributed by atoms with Gasteiger partial charge in [0.1, 0.15) is 5.82 Å². The van der Waals surface area contributed by atoms with Crippen LogP contribution in [0.25, 0.3) is 0 Å². The Hall–Kier alpha value is -2.56. The molecule has 1 aliphatic heterocycles. The lowest BCUT2D eigenvalue weighted by Gasteiger charge is -2.21. The minimum Gasteiger partial charge on any atom is -0.478 e. The first-order valence-electron chi connectivity index (χ1n) is 6.70. The Bertz CT molecular complexity index is 715. The monoisotopic (exact) mass is 286 g/mol. The van der Waals surface area contributed by atoms with Crippen molar-refractivity contribution in [2.75, 3.05) is 17.2 Å². The fourth-order valence-electron chi connectivity index (χ4n) is 2.80. The second-order valence-corrected chi connectivity index (χ2v) is 5.13. The number of carboxylic acids is 1. The molecule has 2 aromatic rings. The molecule has 0 atom stereocenters. The van der Waals surface area contributed by atoms with Crippen LogP contribution in [-0.4, -0.2) is 17.6 Å². The number of fused-ring (bicyclic) bond motifs is 1.